The summed E-state index contributed by atoms with van der Waals surface area (Å²) in [5.74, 6) is 1.95. The zero-order valence-electron chi connectivity index (χ0n) is 11.1. The zero-order valence-corrected chi connectivity index (χ0v) is 11.1. The smallest absolute Gasteiger partial charge is 0.139 e. The fourth-order valence-electron chi connectivity index (χ4n) is 3.41. The summed E-state index contributed by atoms with van der Waals surface area (Å²) in [6.07, 6.45) is 0. The Balaban J connectivity index is 2.22. The van der Waals surface area contributed by atoms with Crippen molar-refractivity contribution in [1.29, 1.82) is 0 Å². The van der Waals surface area contributed by atoms with E-state index in [-0.39, 0.29) is 0 Å². The maximum atomic E-state index is 6.17. The lowest BCUT2D eigenvalue weighted by molar-refractivity contribution is 0.493. The predicted molar refractivity (Wildman–Crippen MR) is 87.2 cm³/mol. The van der Waals surface area contributed by atoms with Gasteiger partial charge in [0.1, 0.15) is 19.3 Å². The molecule has 0 atom stereocenters. The topological polar surface area (TPSA) is 9.23 Å². The summed E-state index contributed by atoms with van der Waals surface area (Å²) < 4.78 is 6.17. The minimum atomic E-state index is 0.971. The molecule has 0 fully saturated rings. The molecular formula is C18H11BO. The van der Waals surface area contributed by atoms with Crippen molar-refractivity contribution in [3.05, 3.63) is 54.6 Å². The fourth-order valence-corrected chi connectivity index (χ4v) is 3.41. The molecule has 0 unspecified atom stereocenters. The molecule has 0 radical (unpaired) electrons. The van der Waals surface area contributed by atoms with Crippen molar-refractivity contribution in [3.8, 4) is 11.5 Å². The van der Waals surface area contributed by atoms with E-state index in [1.807, 2.05) is 0 Å². The molecule has 1 heterocycles. The molecule has 1 nitrogen and oxygen atoms in total. The van der Waals surface area contributed by atoms with Gasteiger partial charge in [-0.25, -0.2) is 0 Å². The monoisotopic (exact) mass is 254 g/mol. The summed E-state index contributed by atoms with van der Waals surface area (Å²) in [6, 6.07) is 19.4. The second kappa shape index (κ2) is 3.34. The van der Waals surface area contributed by atoms with Crippen molar-refractivity contribution in [1.82, 2.24) is 0 Å². The van der Waals surface area contributed by atoms with Crippen LogP contribution in [0.2, 0.25) is 0 Å². The highest BCUT2D eigenvalue weighted by Crippen LogP contribution is 2.46. The quantitative estimate of drug-likeness (QED) is 0.303. The fraction of sp³-hybridized carbons (Fsp3) is 0. The molecule has 0 bridgehead atoms. The Kier molecular flexibility index (Phi) is 1.73. The Morgan fingerprint density at radius 1 is 0.650 bits per heavy atom. The van der Waals surface area contributed by atoms with Gasteiger partial charge >= 0.3 is 0 Å². The summed E-state index contributed by atoms with van der Waals surface area (Å²) in [5.41, 5.74) is 1.23. The van der Waals surface area contributed by atoms with E-state index >= 15 is 0 Å². The van der Waals surface area contributed by atoms with Gasteiger partial charge in [0, 0.05) is 16.2 Å². The summed E-state index contributed by atoms with van der Waals surface area (Å²) in [7, 11) is 2.12. The van der Waals surface area contributed by atoms with E-state index in [2.05, 4.69) is 62.4 Å². The summed E-state index contributed by atoms with van der Waals surface area (Å²) in [4.78, 5) is 0. The predicted octanol–water partition coefficient (Wildman–Crippen LogP) is 3.51. The molecule has 1 aliphatic heterocycles. The third-order valence-electron chi connectivity index (χ3n) is 4.23. The van der Waals surface area contributed by atoms with Crippen molar-refractivity contribution < 1.29 is 4.74 Å². The van der Waals surface area contributed by atoms with Crippen LogP contribution in [0.25, 0.3) is 32.3 Å². The second-order valence-electron chi connectivity index (χ2n) is 5.55. The first-order valence-corrected chi connectivity index (χ1v) is 6.88. The van der Waals surface area contributed by atoms with Crippen LogP contribution in [0.1, 0.15) is 0 Å². The van der Waals surface area contributed by atoms with Gasteiger partial charge in [0.05, 0.1) is 0 Å². The van der Waals surface area contributed by atoms with E-state index < -0.39 is 0 Å². The van der Waals surface area contributed by atoms with Crippen molar-refractivity contribution >= 4 is 45.6 Å². The first-order chi connectivity index (χ1) is 9.81. The van der Waals surface area contributed by atoms with Crippen LogP contribution in [0.3, 0.4) is 0 Å². The lowest BCUT2D eigenvalue weighted by Crippen LogP contribution is -2.04. The van der Waals surface area contributed by atoms with E-state index in [1.165, 1.54) is 37.8 Å². The van der Waals surface area contributed by atoms with Gasteiger partial charge in [-0.05, 0) is 28.3 Å². The van der Waals surface area contributed by atoms with Crippen LogP contribution in [0.5, 0.6) is 11.5 Å². The van der Waals surface area contributed by atoms with E-state index in [4.69, 9.17) is 4.74 Å². The van der Waals surface area contributed by atoms with Crippen LogP contribution >= 0.6 is 0 Å². The Labute approximate surface area is 117 Å². The molecule has 2 heteroatoms. The van der Waals surface area contributed by atoms with E-state index in [0.717, 1.165) is 11.5 Å². The van der Waals surface area contributed by atoms with Crippen LogP contribution in [-0.4, -0.2) is 7.85 Å². The van der Waals surface area contributed by atoms with Gasteiger partial charge in [0.2, 0.25) is 0 Å². The molecule has 0 aromatic heterocycles. The van der Waals surface area contributed by atoms with Crippen molar-refractivity contribution in [2.45, 2.75) is 0 Å². The number of hydrogen-bond donors (Lipinski definition) is 0. The number of ether oxygens (including phenoxy) is 1. The lowest BCUT2D eigenvalue weighted by Gasteiger charge is -2.20. The minimum absolute atomic E-state index is 0.971. The van der Waals surface area contributed by atoms with E-state index in [9.17, 15) is 0 Å². The number of benzene rings is 4. The molecule has 4 aromatic carbocycles. The van der Waals surface area contributed by atoms with Gasteiger partial charge in [-0.15, -0.1) is 0 Å². The van der Waals surface area contributed by atoms with Crippen LogP contribution in [-0.2, 0) is 0 Å². The van der Waals surface area contributed by atoms with Crippen molar-refractivity contribution in [2.75, 3.05) is 0 Å². The van der Waals surface area contributed by atoms with Crippen molar-refractivity contribution in [2.24, 2.45) is 0 Å². The molecule has 0 saturated carbocycles. The molecule has 0 N–H and O–H groups in total. The molecule has 1 aliphatic rings. The third-order valence-corrected chi connectivity index (χ3v) is 4.23. The largest absolute Gasteiger partial charge is 0.456 e. The maximum Gasteiger partial charge on any atom is 0.139 e. The summed E-state index contributed by atoms with van der Waals surface area (Å²) in [6.45, 7) is 0. The average molecular weight is 254 g/mol. The third kappa shape index (κ3) is 1.14. The van der Waals surface area contributed by atoms with E-state index in [1.54, 1.807) is 0 Å². The minimum Gasteiger partial charge on any atom is -0.456 e. The second-order valence-corrected chi connectivity index (χ2v) is 5.55. The first kappa shape index (κ1) is 10.3. The van der Waals surface area contributed by atoms with Crippen LogP contribution in [0.15, 0.2) is 54.6 Å². The van der Waals surface area contributed by atoms with Gasteiger partial charge in [0.25, 0.3) is 0 Å². The van der Waals surface area contributed by atoms with Crippen molar-refractivity contribution in [3.63, 3.8) is 0 Å². The highest BCUT2D eigenvalue weighted by atomic mass is 16.5. The molecule has 0 saturated heterocycles. The first-order valence-electron chi connectivity index (χ1n) is 6.88. The molecule has 20 heavy (non-hydrogen) atoms. The Bertz CT molecular complexity index is 1030. The van der Waals surface area contributed by atoms with Gasteiger partial charge in [-0.3, -0.25) is 0 Å². The molecule has 0 spiro atoms. The average Bonchev–Trinajstić information content (AvgIpc) is 2.46. The maximum absolute atomic E-state index is 6.17. The number of hydrogen-bond acceptors (Lipinski definition) is 1. The Morgan fingerprint density at radius 3 is 2.20 bits per heavy atom. The molecule has 5 rings (SSSR count). The van der Waals surface area contributed by atoms with Gasteiger partial charge in [0.15, 0.2) is 0 Å². The van der Waals surface area contributed by atoms with Gasteiger partial charge < -0.3 is 4.74 Å². The highest BCUT2D eigenvalue weighted by Gasteiger charge is 2.18. The molecule has 0 amide bonds. The molecule has 0 aliphatic carbocycles. The van der Waals surface area contributed by atoms with Crippen LogP contribution in [0.4, 0.5) is 0 Å². The highest BCUT2D eigenvalue weighted by molar-refractivity contribution is 6.35. The molecule has 4 aromatic rings. The standard InChI is InChI=1S/C18H11BO/c19-13-8-12-7-6-11-5-4-10-2-1-3-14-16(10)18(11)17(12)15(9-13)20-14/h1-9H,19H2. The number of rotatable bonds is 0. The lowest BCUT2D eigenvalue weighted by atomic mass is 9.88. The van der Waals surface area contributed by atoms with Gasteiger partial charge in [-0.2, -0.15) is 0 Å². The van der Waals surface area contributed by atoms with Gasteiger partial charge in [-0.1, -0.05) is 47.9 Å². The summed E-state index contributed by atoms with van der Waals surface area (Å²) >= 11 is 0. The zero-order chi connectivity index (χ0) is 13.3. The normalized spacial score (nSPS) is 12.6. The van der Waals surface area contributed by atoms with E-state index in [0.29, 0.717) is 0 Å². The Morgan fingerprint density at radius 2 is 1.35 bits per heavy atom. The molecular weight excluding hydrogens is 243 g/mol. The molecule has 92 valence electrons. The van der Waals surface area contributed by atoms with Crippen LogP contribution < -0.4 is 10.2 Å². The summed E-state index contributed by atoms with van der Waals surface area (Å²) in [5, 5.41) is 7.61. The Hall–Kier alpha value is -2.48. The van der Waals surface area contributed by atoms with Crippen LogP contribution in [0, 0.1) is 0 Å². The SMILES string of the molecule is Bc1cc2c3c(ccc4ccc5cccc(c5c43)O2)c1.